The van der Waals surface area contributed by atoms with Gasteiger partial charge in [0.2, 0.25) is 0 Å². The average Bonchev–Trinajstić information content (AvgIpc) is 2.38. The predicted octanol–water partition coefficient (Wildman–Crippen LogP) is 1.76. The topological polar surface area (TPSA) is 71.5 Å². The number of carboxylic acid groups (broad SMARTS) is 1. The van der Waals surface area contributed by atoms with E-state index in [1.54, 1.807) is 12.1 Å². The van der Waals surface area contributed by atoms with Crippen LogP contribution in [0.3, 0.4) is 0 Å². The first kappa shape index (κ1) is 11.9. The first-order valence-corrected chi connectivity index (χ1v) is 5.81. The van der Waals surface area contributed by atoms with E-state index in [4.69, 9.17) is 9.84 Å². The van der Waals surface area contributed by atoms with Crippen LogP contribution in [0, 0.1) is 0 Å². The number of nitrogens with one attached hydrogen (secondary N) is 1. The van der Waals surface area contributed by atoms with Gasteiger partial charge >= 0.3 is 5.97 Å². The molecule has 5 nitrogen and oxygen atoms in total. The number of ether oxygens (including phenoxy) is 1. The van der Waals surface area contributed by atoms with Crippen molar-refractivity contribution in [1.82, 2.24) is 4.98 Å². The number of pyridine rings is 1. The van der Waals surface area contributed by atoms with Gasteiger partial charge in [0.15, 0.2) is 5.69 Å². The van der Waals surface area contributed by atoms with E-state index in [-0.39, 0.29) is 11.8 Å². The Morgan fingerprint density at radius 2 is 2.47 bits per heavy atom. The number of carboxylic acids is 1. The zero-order valence-corrected chi connectivity index (χ0v) is 9.56. The summed E-state index contributed by atoms with van der Waals surface area (Å²) in [5.74, 6) is -1.02. The van der Waals surface area contributed by atoms with Gasteiger partial charge in [0.1, 0.15) is 0 Å². The van der Waals surface area contributed by atoms with Crippen molar-refractivity contribution < 1.29 is 14.6 Å². The number of aromatic nitrogens is 1. The Kier molecular flexibility index (Phi) is 3.93. The number of aromatic carboxylic acids is 1. The summed E-state index contributed by atoms with van der Waals surface area (Å²) in [6.45, 7) is 1.43. The summed E-state index contributed by atoms with van der Waals surface area (Å²) < 4.78 is 5.57. The highest BCUT2D eigenvalue weighted by Crippen LogP contribution is 2.16. The maximum atomic E-state index is 10.9. The zero-order chi connectivity index (χ0) is 12.1. The van der Waals surface area contributed by atoms with Crippen LogP contribution in [0.2, 0.25) is 0 Å². The molecular weight excluding hydrogens is 220 g/mol. The fraction of sp³-hybridized carbons (Fsp3) is 0.500. The third-order valence-electron chi connectivity index (χ3n) is 2.80. The van der Waals surface area contributed by atoms with Gasteiger partial charge in [0.25, 0.3) is 0 Å². The molecular formula is C12H16N2O3. The lowest BCUT2D eigenvalue weighted by Crippen LogP contribution is -2.27. The molecule has 92 valence electrons. The Morgan fingerprint density at radius 3 is 3.18 bits per heavy atom. The summed E-state index contributed by atoms with van der Waals surface area (Å²) in [7, 11) is 0. The van der Waals surface area contributed by atoms with E-state index in [2.05, 4.69) is 10.3 Å². The van der Waals surface area contributed by atoms with Gasteiger partial charge in [-0.2, -0.15) is 0 Å². The van der Waals surface area contributed by atoms with Crippen molar-refractivity contribution in [3.63, 3.8) is 0 Å². The molecule has 2 rings (SSSR count). The molecule has 1 aromatic rings. The van der Waals surface area contributed by atoms with Crippen LogP contribution in [0.15, 0.2) is 18.3 Å². The van der Waals surface area contributed by atoms with Crippen LogP contribution in [0.1, 0.15) is 29.8 Å². The summed E-state index contributed by atoms with van der Waals surface area (Å²) >= 11 is 0. The molecule has 1 aliphatic rings. The van der Waals surface area contributed by atoms with Gasteiger partial charge < -0.3 is 15.2 Å². The molecule has 0 saturated carbocycles. The lowest BCUT2D eigenvalue weighted by Gasteiger charge is -2.23. The van der Waals surface area contributed by atoms with Crippen LogP contribution in [-0.2, 0) is 4.74 Å². The van der Waals surface area contributed by atoms with E-state index in [1.165, 1.54) is 12.6 Å². The minimum Gasteiger partial charge on any atom is -0.476 e. The monoisotopic (exact) mass is 236 g/mol. The molecule has 0 aromatic carbocycles. The fourth-order valence-electron chi connectivity index (χ4n) is 1.91. The van der Waals surface area contributed by atoms with Gasteiger partial charge in [-0.3, -0.25) is 0 Å². The molecule has 5 heteroatoms. The summed E-state index contributed by atoms with van der Waals surface area (Å²) in [4.78, 5) is 14.8. The summed E-state index contributed by atoms with van der Waals surface area (Å²) in [5, 5.41) is 12.1. The molecule has 1 atom stereocenters. The first-order valence-electron chi connectivity index (χ1n) is 5.81. The van der Waals surface area contributed by atoms with E-state index in [0.717, 1.165) is 19.4 Å². The molecule has 1 aromatic heterocycles. The molecule has 1 unspecified atom stereocenters. The lowest BCUT2D eigenvalue weighted by molar-refractivity contribution is 0.0247. The second kappa shape index (κ2) is 5.63. The Hall–Kier alpha value is -1.62. The lowest BCUT2D eigenvalue weighted by atomic mass is 10.1. The van der Waals surface area contributed by atoms with Crippen molar-refractivity contribution in [3.8, 4) is 0 Å². The van der Waals surface area contributed by atoms with Gasteiger partial charge in [0.05, 0.1) is 11.8 Å². The van der Waals surface area contributed by atoms with E-state index in [1.807, 2.05) is 0 Å². The summed E-state index contributed by atoms with van der Waals surface area (Å²) in [6.07, 6.45) is 4.96. The minimum absolute atomic E-state index is 0.0586. The Balaban J connectivity index is 1.96. The molecule has 1 fully saturated rings. The van der Waals surface area contributed by atoms with E-state index in [0.29, 0.717) is 12.2 Å². The molecule has 0 amide bonds. The van der Waals surface area contributed by atoms with Gasteiger partial charge in [0, 0.05) is 19.3 Å². The third kappa shape index (κ3) is 3.17. The highest BCUT2D eigenvalue weighted by atomic mass is 16.5. The Morgan fingerprint density at radius 1 is 1.59 bits per heavy atom. The van der Waals surface area contributed by atoms with Crippen LogP contribution in [0.4, 0.5) is 5.69 Å². The molecule has 0 spiro atoms. The molecule has 2 N–H and O–H groups in total. The van der Waals surface area contributed by atoms with Crippen LogP contribution >= 0.6 is 0 Å². The van der Waals surface area contributed by atoms with E-state index < -0.39 is 5.97 Å². The standard InChI is InChI=1S/C12H16N2O3/c15-12(16)11-10(5-3-6-13-11)14-8-9-4-1-2-7-17-9/h3,5-6,9,14H,1-2,4,7-8H2,(H,15,16). The van der Waals surface area contributed by atoms with Crippen molar-refractivity contribution in [2.45, 2.75) is 25.4 Å². The average molecular weight is 236 g/mol. The molecule has 0 aliphatic carbocycles. The molecule has 1 aliphatic heterocycles. The van der Waals surface area contributed by atoms with Gasteiger partial charge in [-0.1, -0.05) is 0 Å². The maximum absolute atomic E-state index is 10.9. The predicted molar refractivity (Wildman–Crippen MR) is 63.3 cm³/mol. The number of carbonyl (C=O) groups is 1. The van der Waals surface area contributed by atoms with Gasteiger partial charge in [-0.05, 0) is 31.4 Å². The highest BCUT2D eigenvalue weighted by Gasteiger charge is 2.15. The Labute approximate surface area is 99.8 Å². The second-order valence-corrected chi connectivity index (χ2v) is 4.07. The van der Waals surface area contributed by atoms with Crippen molar-refractivity contribution >= 4 is 11.7 Å². The quantitative estimate of drug-likeness (QED) is 0.833. The first-order chi connectivity index (χ1) is 8.27. The van der Waals surface area contributed by atoms with E-state index in [9.17, 15) is 4.79 Å². The van der Waals surface area contributed by atoms with Gasteiger partial charge in [-0.25, -0.2) is 9.78 Å². The largest absolute Gasteiger partial charge is 0.476 e. The molecule has 1 saturated heterocycles. The van der Waals surface area contributed by atoms with Crippen LogP contribution < -0.4 is 5.32 Å². The highest BCUT2D eigenvalue weighted by molar-refractivity contribution is 5.91. The van der Waals surface area contributed by atoms with Crippen LogP contribution in [0.5, 0.6) is 0 Å². The van der Waals surface area contributed by atoms with Crippen LogP contribution in [0.25, 0.3) is 0 Å². The maximum Gasteiger partial charge on any atom is 0.356 e. The summed E-state index contributed by atoms with van der Waals surface area (Å²) in [6, 6.07) is 3.44. The van der Waals surface area contributed by atoms with Crippen molar-refractivity contribution in [3.05, 3.63) is 24.0 Å². The van der Waals surface area contributed by atoms with Crippen molar-refractivity contribution in [2.24, 2.45) is 0 Å². The third-order valence-corrected chi connectivity index (χ3v) is 2.80. The number of anilines is 1. The molecule has 0 bridgehead atoms. The second-order valence-electron chi connectivity index (χ2n) is 4.07. The van der Waals surface area contributed by atoms with Crippen molar-refractivity contribution in [2.75, 3.05) is 18.5 Å². The number of hydrogen-bond acceptors (Lipinski definition) is 4. The van der Waals surface area contributed by atoms with Crippen molar-refractivity contribution in [1.29, 1.82) is 0 Å². The SMILES string of the molecule is O=C(O)c1ncccc1NCC1CCCCO1. The van der Waals surface area contributed by atoms with Crippen LogP contribution in [-0.4, -0.2) is 35.3 Å². The number of nitrogens with zero attached hydrogens (tertiary/aromatic N) is 1. The fourth-order valence-corrected chi connectivity index (χ4v) is 1.91. The number of rotatable bonds is 4. The molecule has 2 heterocycles. The smallest absolute Gasteiger partial charge is 0.356 e. The molecule has 17 heavy (non-hydrogen) atoms. The zero-order valence-electron chi connectivity index (χ0n) is 9.56. The minimum atomic E-state index is -1.02. The molecule has 0 radical (unpaired) electrons. The summed E-state index contributed by atoms with van der Waals surface area (Å²) in [5.41, 5.74) is 0.609. The Bertz CT molecular complexity index is 389. The normalized spacial score (nSPS) is 19.9. The van der Waals surface area contributed by atoms with E-state index >= 15 is 0 Å². The van der Waals surface area contributed by atoms with Gasteiger partial charge in [-0.15, -0.1) is 0 Å². The number of hydrogen-bond donors (Lipinski definition) is 2.